The van der Waals surface area contributed by atoms with Gasteiger partial charge in [0.1, 0.15) is 5.82 Å². The van der Waals surface area contributed by atoms with Crippen molar-refractivity contribution in [2.75, 3.05) is 0 Å². The van der Waals surface area contributed by atoms with E-state index < -0.39 is 5.82 Å². The molecule has 5 nitrogen and oxygen atoms in total. The molecule has 0 saturated carbocycles. The largest absolute Gasteiger partial charge is 0.461 e. The van der Waals surface area contributed by atoms with Gasteiger partial charge in [-0.1, -0.05) is 0 Å². The predicted octanol–water partition coefficient (Wildman–Crippen LogP) is 2.99. The predicted molar refractivity (Wildman–Crippen MR) is 70.7 cm³/mol. The van der Waals surface area contributed by atoms with Gasteiger partial charge in [0.25, 0.3) is 0 Å². The smallest absolute Gasteiger partial charge is 0.321 e. The van der Waals surface area contributed by atoms with Crippen LogP contribution in [0.5, 0.6) is 6.01 Å². The summed E-state index contributed by atoms with van der Waals surface area (Å²) in [5, 5.41) is 8.78. The molecule has 20 heavy (non-hydrogen) atoms. The third-order valence-electron chi connectivity index (χ3n) is 2.21. The maximum atomic E-state index is 13.4. The SMILES string of the molecule is CC(C)Oc1nc(Cl)nc(-c2cc(F)cc(C#N)c2)n1. The summed E-state index contributed by atoms with van der Waals surface area (Å²) in [6, 6.07) is 5.72. The number of nitriles is 1. The minimum absolute atomic E-state index is 0.0535. The average molecular weight is 293 g/mol. The fourth-order valence-corrected chi connectivity index (χ4v) is 1.66. The van der Waals surface area contributed by atoms with Crippen LogP contribution < -0.4 is 4.74 Å². The van der Waals surface area contributed by atoms with Crippen LogP contribution in [0.3, 0.4) is 0 Å². The number of halogens is 2. The van der Waals surface area contributed by atoms with Crippen LogP contribution in [0.25, 0.3) is 11.4 Å². The molecule has 0 radical (unpaired) electrons. The Morgan fingerprint density at radius 1 is 1.25 bits per heavy atom. The highest BCUT2D eigenvalue weighted by Crippen LogP contribution is 2.21. The van der Waals surface area contributed by atoms with Crippen LogP contribution in [-0.2, 0) is 0 Å². The molecule has 2 rings (SSSR count). The molecule has 0 unspecified atom stereocenters. The Labute approximate surface area is 120 Å². The van der Waals surface area contributed by atoms with Crippen molar-refractivity contribution < 1.29 is 9.13 Å². The summed E-state index contributed by atoms with van der Waals surface area (Å²) in [6.07, 6.45) is -0.136. The first-order valence-electron chi connectivity index (χ1n) is 5.77. The van der Waals surface area contributed by atoms with Gasteiger partial charge >= 0.3 is 6.01 Å². The second-order valence-electron chi connectivity index (χ2n) is 4.22. The molecule has 0 aliphatic carbocycles. The number of ether oxygens (including phenoxy) is 1. The zero-order chi connectivity index (χ0) is 14.7. The van der Waals surface area contributed by atoms with E-state index in [2.05, 4.69) is 15.0 Å². The van der Waals surface area contributed by atoms with Crippen molar-refractivity contribution in [3.05, 3.63) is 34.9 Å². The summed E-state index contributed by atoms with van der Waals surface area (Å²) in [4.78, 5) is 11.8. The first kappa shape index (κ1) is 14.2. The van der Waals surface area contributed by atoms with Gasteiger partial charge in [-0.3, -0.25) is 0 Å². The van der Waals surface area contributed by atoms with Crippen LogP contribution in [0, 0.1) is 17.1 Å². The summed E-state index contributed by atoms with van der Waals surface area (Å²) in [5.41, 5.74) is 0.502. The fourth-order valence-electron chi connectivity index (χ4n) is 1.51. The minimum Gasteiger partial charge on any atom is -0.461 e. The molecule has 0 N–H and O–H groups in total. The molecule has 0 bridgehead atoms. The number of rotatable bonds is 3. The van der Waals surface area contributed by atoms with Crippen LogP contribution in [0.2, 0.25) is 5.28 Å². The third kappa shape index (κ3) is 3.39. The number of nitrogens with zero attached hydrogens (tertiary/aromatic N) is 4. The third-order valence-corrected chi connectivity index (χ3v) is 2.38. The van der Waals surface area contributed by atoms with Gasteiger partial charge < -0.3 is 4.74 Å². The molecular formula is C13H10ClFN4O. The van der Waals surface area contributed by atoms with Crippen molar-refractivity contribution in [3.63, 3.8) is 0 Å². The van der Waals surface area contributed by atoms with Crippen molar-refractivity contribution in [1.29, 1.82) is 5.26 Å². The molecule has 1 aromatic heterocycles. The molecule has 1 heterocycles. The molecule has 0 fully saturated rings. The van der Waals surface area contributed by atoms with E-state index in [0.29, 0.717) is 5.56 Å². The van der Waals surface area contributed by atoms with E-state index in [1.807, 2.05) is 19.9 Å². The van der Waals surface area contributed by atoms with E-state index >= 15 is 0 Å². The number of hydrogen-bond acceptors (Lipinski definition) is 5. The second-order valence-corrected chi connectivity index (χ2v) is 4.56. The normalized spacial score (nSPS) is 10.4. The van der Waals surface area contributed by atoms with Crippen molar-refractivity contribution in [1.82, 2.24) is 15.0 Å². The molecule has 0 atom stereocenters. The van der Waals surface area contributed by atoms with Crippen molar-refractivity contribution in [3.8, 4) is 23.5 Å². The van der Waals surface area contributed by atoms with E-state index in [0.717, 1.165) is 6.07 Å². The lowest BCUT2D eigenvalue weighted by Crippen LogP contribution is -2.09. The molecule has 7 heteroatoms. The number of aromatic nitrogens is 3. The monoisotopic (exact) mass is 292 g/mol. The summed E-state index contributed by atoms with van der Waals surface area (Å²) in [6.45, 7) is 3.63. The molecule has 0 spiro atoms. The molecule has 0 amide bonds. The maximum Gasteiger partial charge on any atom is 0.321 e. The van der Waals surface area contributed by atoms with Gasteiger partial charge in [0, 0.05) is 5.56 Å². The zero-order valence-corrected chi connectivity index (χ0v) is 11.5. The van der Waals surface area contributed by atoms with Crippen LogP contribution in [0.15, 0.2) is 18.2 Å². The topological polar surface area (TPSA) is 71.7 Å². The van der Waals surface area contributed by atoms with Gasteiger partial charge in [-0.2, -0.15) is 20.2 Å². The number of benzene rings is 1. The lowest BCUT2D eigenvalue weighted by molar-refractivity contribution is 0.222. The van der Waals surface area contributed by atoms with E-state index in [1.165, 1.54) is 12.1 Å². The molecule has 1 aromatic carbocycles. The molecule has 0 aliphatic heterocycles. The van der Waals surface area contributed by atoms with E-state index in [-0.39, 0.29) is 28.8 Å². The van der Waals surface area contributed by atoms with Crippen LogP contribution in [0.4, 0.5) is 4.39 Å². The Morgan fingerprint density at radius 3 is 2.65 bits per heavy atom. The van der Waals surface area contributed by atoms with Crippen LogP contribution >= 0.6 is 11.6 Å². The lowest BCUT2D eigenvalue weighted by Gasteiger charge is -2.09. The van der Waals surface area contributed by atoms with Crippen LogP contribution in [0.1, 0.15) is 19.4 Å². The van der Waals surface area contributed by atoms with E-state index in [9.17, 15) is 4.39 Å². The van der Waals surface area contributed by atoms with Gasteiger partial charge in [0.2, 0.25) is 5.28 Å². The van der Waals surface area contributed by atoms with Gasteiger partial charge in [-0.05, 0) is 43.6 Å². The summed E-state index contributed by atoms with van der Waals surface area (Å²) in [5.74, 6) is -0.404. The Morgan fingerprint density at radius 2 is 2.00 bits per heavy atom. The van der Waals surface area contributed by atoms with Gasteiger partial charge in [-0.15, -0.1) is 0 Å². The first-order valence-corrected chi connectivity index (χ1v) is 6.15. The first-order chi connectivity index (χ1) is 9.47. The van der Waals surface area contributed by atoms with E-state index in [1.54, 1.807) is 0 Å². The Bertz CT molecular complexity index is 685. The van der Waals surface area contributed by atoms with Crippen molar-refractivity contribution in [2.45, 2.75) is 20.0 Å². The van der Waals surface area contributed by atoms with Gasteiger partial charge in [0.05, 0.1) is 17.7 Å². The molecule has 102 valence electrons. The highest BCUT2D eigenvalue weighted by molar-refractivity contribution is 6.28. The molecular weight excluding hydrogens is 283 g/mol. The quantitative estimate of drug-likeness (QED) is 0.869. The summed E-state index contributed by atoms with van der Waals surface area (Å²) >= 11 is 5.80. The van der Waals surface area contributed by atoms with Crippen molar-refractivity contribution >= 4 is 11.6 Å². The molecule has 0 aliphatic rings. The Kier molecular flexibility index (Phi) is 4.11. The Balaban J connectivity index is 2.49. The highest BCUT2D eigenvalue weighted by atomic mass is 35.5. The molecule has 2 aromatic rings. The van der Waals surface area contributed by atoms with Gasteiger partial charge in [0.15, 0.2) is 5.82 Å². The maximum absolute atomic E-state index is 13.4. The lowest BCUT2D eigenvalue weighted by atomic mass is 10.1. The summed E-state index contributed by atoms with van der Waals surface area (Å²) < 4.78 is 18.8. The fraction of sp³-hybridized carbons (Fsp3) is 0.231. The standard InChI is InChI=1S/C13H10ClFN4O/c1-7(2)20-13-18-11(17-12(14)19-13)9-3-8(6-16)4-10(15)5-9/h3-5,7H,1-2H3. The van der Waals surface area contributed by atoms with Crippen molar-refractivity contribution in [2.24, 2.45) is 0 Å². The minimum atomic E-state index is -0.554. The van der Waals surface area contributed by atoms with Crippen LogP contribution in [-0.4, -0.2) is 21.1 Å². The molecule has 0 saturated heterocycles. The average Bonchev–Trinajstić information content (AvgIpc) is 2.36. The van der Waals surface area contributed by atoms with E-state index in [4.69, 9.17) is 21.6 Å². The second kappa shape index (κ2) is 5.80. The number of hydrogen-bond donors (Lipinski definition) is 0. The van der Waals surface area contributed by atoms with Gasteiger partial charge in [-0.25, -0.2) is 4.39 Å². The summed E-state index contributed by atoms with van der Waals surface area (Å²) in [7, 11) is 0. The Hall–Kier alpha value is -2.26. The zero-order valence-electron chi connectivity index (χ0n) is 10.8. The highest BCUT2D eigenvalue weighted by Gasteiger charge is 2.11.